The van der Waals surface area contributed by atoms with Gasteiger partial charge in [0.1, 0.15) is 17.2 Å². The van der Waals surface area contributed by atoms with Crippen molar-refractivity contribution in [3.05, 3.63) is 101 Å². The number of benzene rings is 3. The lowest BCUT2D eigenvalue weighted by Crippen LogP contribution is -2.47. The summed E-state index contributed by atoms with van der Waals surface area (Å²) < 4.78 is 56.1. The minimum absolute atomic E-state index is 0.0823. The monoisotopic (exact) mass is 732 g/mol. The van der Waals surface area contributed by atoms with E-state index in [0.717, 1.165) is 12.8 Å². The van der Waals surface area contributed by atoms with Crippen LogP contribution in [0.3, 0.4) is 0 Å². The van der Waals surface area contributed by atoms with Crippen molar-refractivity contribution in [2.75, 3.05) is 23.1 Å². The Kier molecular flexibility index (Phi) is 10.3. The zero-order valence-electron chi connectivity index (χ0n) is 28.6. The van der Waals surface area contributed by atoms with Gasteiger partial charge in [0.2, 0.25) is 21.9 Å². The van der Waals surface area contributed by atoms with Gasteiger partial charge in [-0.1, -0.05) is 41.9 Å². The van der Waals surface area contributed by atoms with Gasteiger partial charge in [-0.15, -0.1) is 0 Å². The average Bonchev–Trinajstić information content (AvgIpc) is 3.08. The van der Waals surface area contributed by atoms with Crippen LogP contribution in [0.2, 0.25) is 5.02 Å². The van der Waals surface area contributed by atoms with Gasteiger partial charge in [-0.05, 0) is 88.1 Å². The van der Waals surface area contributed by atoms with Crippen molar-refractivity contribution in [2.24, 2.45) is 0 Å². The van der Waals surface area contributed by atoms with E-state index in [1.165, 1.54) is 6.07 Å². The molecule has 1 amide bonds. The number of halogens is 2. The topological polar surface area (TPSA) is 136 Å². The molecule has 0 bridgehead atoms. The maximum Gasteiger partial charge on any atom is 0.410 e. The molecule has 3 heterocycles. The van der Waals surface area contributed by atoms with E-state index in [4.69, 9.17) is 26.1 Å². The fraction of sp³-hybridized carbons (Fsp3) is 0.297. The molecule has 1 aliphatic heterocycles. The summed E-state index contributed by atoms with van der Waals surface area (Å²) in [6, 6.07) is 17.9. The fourth-order valence-corrected chi connectivity index (χ4v) is 7.36. The Morgan fingerprint density at radius 1 is 1.02 bits per heavy atom. The maximum absolute atomic E-state index is 15.3. The highest BCUT2D eigenvalue weighted by Gasteiger charge is 2.28. The first-order chi connectivity index (χ1) is 24.3. The highest BCUT2D eigenvalue weighted by Crippen LogP contribution is 2.40. The molecule has 11 nitrogen and oxygen atoms in total. The first-order valence-corrected chi connectivity index (χ1v) is 18.5. The molecule has 1 atom stereocenters. The molecular formula is C37H38ClFN6O5S. The van der Waals surface area contributed by atoms with Gasteiger partial charge in [-0.3, -0.25) is 4.72 Å². The van der Waals surface area contributed by atoms with Crippen LogP contribution >= 0.6 is 11.6 Å². The van der Waals surface area contributed by atoms with Crippen LogP contribution in [0.25, 0.3) is 22.0 Å². The summed E-state index contributed by atoms with van der Waals surface area (Å²) in [5.41, 5.74) is 1.42. The van der Waals surface area contributed by atoms with Crippen LogP contribution in [0.5, 0.6) is 11.6 Å². The van der Waals surface area contributed by atoms with Crippen LogP contribution in [0.15, 0.2) is 79.1 Å². The van der Waals surface area contributed by atoms with Gasteiger partial charge in [0, 0.05) is 47.3 Å². The first-order valence-electron chi connectivity index (χ1n) is 16.4. The summed E-state index contributed by atoms with van der Waals surface area (Å²) >= 11 is 6.20. The number of rotatable bonds is 9. The fourth-order valence-electron chi connectivity index (χ4n) is 5.82. The second-order valence-electron chi connectivity index (χ2n) is 13.3. The Morgan fingerprint density at radius 2 is 1.80 bits per heavy atom. The highest BCUT2D eigenvalue weighted by atomic mass is 35.5. The molecule has 0 radical (unpaired) electrons. The third-order valence-corrected chi connectivity index (χ3v) is 9.74. The zero-order valence-corrected chi connectivity index (χ0v) is 30.2. The number of amides is 1. The third kappa shape index (κ3) is 8.66. The summed E-state index contributed by atoms with van der Waals surface area (Å²) in [6.45, 7) is 8.42. The number of sulfonamides is 1. The number of carbonyl (C=O) groups is 1. The Morgan fingerprint density at radius 3 is 2.59 bits per heavy atom. The SMILES string of the molecule is Cc1ccc2c(NS(=O)(=O)Cc3ccccc3Cl)c(F)ccc2c1Oc1ncccc1-c1ccnc(N[C@H]2CCCN(C(=O)OC(C)(C)C)C2)n1. The van der Waals surface area contributed by atoms with E-state index in [1.54, 1.807) is 71.9 Å². The molecule has 0 unspecified atom stereocenters. The molecule has 2 aromatic heterocycles. The molecule has 0 aliphatic carbocycles. The van der Waals surface area contributed by atoms with Gasteiger partial charge >= 0.3 is 6.09 Å². The molecule has 1 fully saturated rings. The van der Waals surface area contributed by atoms with E-state index >= 15 is 4.39 Å². The van der Waals surface area contributed by atoms with Gasteiger partial charge in [0.15, 0.2) is 0 Å². The summed E-state index contributed by atoms with van der Waals surface area (Å²) in [5.74, 6) is -0.198. The summed E-state index contributed by atoms with van der Waals surface area (Å²) in [4.78, 5) is 28.0. The number of carbonyl (C=O) groups excluding carboxylic acids is 1. The lowest BCUT2D eigenvalue weighted by Gasteiger charge is -2.34. The van der Waals surface area contributed by atoms with Gasteiger partial charge in [0.25, 0.3) is 0 Å². The van der Waals surface area contributed by atoms with E-state index in [9.17, 15) is 13.2 Å². The van der Waals surface area contributed by atoms with Crippen LogP contribution in [-0.2, 0) is 20.5 Å². The van der Waals surface area contributed by atoms with Crippen LogP contribution < -0.4 is 14.8 Å². The van der Waals surface area contributed by atoms with Gasteiger partial charge in [0.05, 0.1) is 22.7 Å². The minimum atomic E-state index is -4.05. The predicted octanol–water partition coefficient (Wildman–Crippen LogP) is 8.34. The number of nitrogens with zero attached hydrogens (tertiary/aromatic N) is 4. The van der Waals surface area contributed by atoms with Gasteiger partial charge < -0.3 is 19.7 Å². The van der Waals surface area contributed by atoms with Crippen LogP contribution in [0, 0.1) is 12.7 Å². The van der Waals surface area contributed by atoms with Crippen molar-refractivity contribution in [1.82, 2.24) is 19.9 Å². The zero-order chi connectivity index (χ0) is 36.3. The number of anilines is 2. The van der Waals surface area contributed by atoms with Gasteiger partial charge in [-0.25, -0.2) is 32.6 Å². The van der Waals surface area contributed by atoms with Crippen LogP contribution in [-0.4, -0.2) is 59.1 Å². The first kappa shape index (κ1) is 35.8. The van der Waals surface area contributed by atoms with E-state index < -0.39 is 27.2 Å². The van der Waals surface area contributed by atoms with Crippen molar-refractivity contribution in [2.45, 2.75) is 57.9 Å². The Labute approximate surface area is 301 Å². The number of nitrogens with one attached hydrogen (secondary N) is 2. The predicted molar refractivity (Wildman–Crippen MR) is 196 cm³/mol. The molecule has 0 spiro atoms. The van der Waals surface area contributed by atoms with Gasteiger partial charge in [-0.2, -0.15) is 0 Å². The van der Waals surface area contributed by atoms with E-state index in [2.05, 4.69) is 20.0 Å². The summed E-state index contributed by atoms with van der Waals surface area (Å²) in [6.07, 6.45) is 4.49. The average molecular weight is 733 g/mol. The van der Waals surface area contributed by atoms with E-state index in [0.29, 0.717) is 63.0 Å². The quantitative estimate of drug-likeness (QED) is 0.153. The van der Waals surface area contributed by atoms with Crippen molar-refractivity contribution in [3.63, 3.8) is 0 Å². The lowest BCUT2D eigenvalue weighted by molar-refractivity contribution is 0.0206. The number of hydrogen-bond acceptors (Lipinski definition) is 9. The molecule has 2 N–H and O–H groups in total. The second-order valence-corrected chi connectivity index (χ2v) is 15.4. The Hall–Kier alpha value is -5.01. The van der Waals surface area contributed by atoms with Crippen molar-refractivity contribution >= 4 is 50.1 Å². The molecule has 6 rings (SSSR count). The number of ether oxygens (including phenoxy) is 2. The number of aryl methyl sites for hydroxylation is 1. The number of pyridine rings is 1. The normalized spacial score (nSPS) is 15.0. The largest absolute Gasteiger partial charge is 0.444 e. The number of aromatic nitrogens is 3. The van der Waals surface area contributed by atoms with Crippen LogP contribution in [0.4, 0.5) is 20.8 Å². The third-order valence-electron chi connectivity index (χ3n) is 8.17. The maximum atomic E-state index is 15.3. The molecule has 5 aromatic rings. The Bertz CT molecular complexity index is 2200. The van der Waals surface area contributed by atoms with E-state index in [1.807, 2.05) is 33.8 Å². The smallest absolute Gasteiger partial charge is 0.410 e. The molecule has 0 saturated carbocycles. The number of piperidine rings is 1. The minimum Gasteiger partial charge on any atom is -0.444 e. The molecule has 51 heavy (non-hydrogen) atoms. The van der Waals surface area contributed by atoms with Crippen molar-refractivity contribution in [3.8, 4) is 22.9 Å². The molecule has 3 aromatic carbocycles. The molecule has 1 saturated heterocycles. The number of likely N-dealkylation sites (tertiary alicyclic amines) is 1. The van der Waals surface area contributed by atoms with E-state index in [-0.39, 0.29) is 23.7 Å². The summed E-state index contributed by atoms with van der Waals surface area (Å²) in [7, 11) is -4.05. The number of hydrogen-bond donors (Lipinski definition) is 2. The molecule has 14 heteroatoms. The summed E-state index contributed by atoms with van der Waals surface area (Å²) in [5, 5.41) is 4.43. The molecular weight excluding hydrogens is 695 g/mol. The second kappa shape index (κ2) is 14.7. The Balaban J connectivity index is 1.26. The van der Waals surface area contributed by atoms with Crippen molar-refractivity contribution in [1.29, 1.82) is 0 Å². The standard InChI is InChI=1S/C37H38ClFN6O5S/c1-23-13-14-26-27(15-16-30(39)32(26)44-51(47,48)22-24-9-5-6-12-29(24)38)33(23)49-34-28(11-7-18-40-34)31-17-19-41-35(43-31)42-25-10-8-20-45(21-25)36(46)50-37(2,3)4/h5-7,9,11-19,25,44H,8,10,20-22H2,1-4H3,(H,41,42,43)/t25-/m0/s1. The molecule has 266 valence electrons. The lowest BCUT2D eigenvalue weighted by atomic mass is 10.0. The van der Waals surface area contributed by atoms with Crippen LogP contribution in [0.1, 0.15) is 44.7 Å². The number of fused-ring (bicyclic) bond motifs is 1. The highest BCUT2D eigenvalue weighted by molar-refractivity contribution is 7.92. The van der Waals surface area contributed by atoms with Crippen molar-refractivity contribution < 1.29 is 27.1 Å². The molecule has 1 aliphatic rings.